The van der Waals surface area contributed by atoms with Crippen molar-refractivity contribution in [3.8, 4) is 0 Å². The van der Waals surface area contributed by atoms with Crippen LogP contribution in [-0.4, -0.2) is 70.8 Å². The highest BCUT2D eigenvalue weighted by Gasteiger charge is 2.41. The highest BCUT2D eigenvalue weighted by molar-refractivity contribution is 5.90. The third-order valence-electron chi connectivity index (χ3n) is 8.75. The molecule has 5 rings (SSSR count). The summed E-state index contributed by atoms with van der Waals surface area (Å²) in [4.78, 5) is 42.5. The second-order valence-corrected chi connectivity index (χ2v) is 11.5. The number of ether oxygens (including phenoxy) is 1. The average Bonchev–Trinajstić information content (AvgIpc) is 3.39. The minimum atomic E-state index is -0.669. The van der Waals surface area contributed by atoms with E-state index in [0.29, 0.717) is 71.2 Å². The topological polar surface area (TPSA) is 106 Å². The largest absolute Gasteiger partial charge is 0.381 e. The molecule has 3 aliphatic heterocycles. The SMILES string of the molecule is Cn1cc(CCC(=O)N2CC[C@@H]3NC(=O)[C@@H](Cc4ccccc4)NC(=O)C4(C/C=C/C[C@@H]3C2)CCOCC4)cn1. The lowest BCUT2D eigenvalue weighted by Crippen LogP contribution is -2.58. The number of rotatable bonds is 5. The lowest BCUT2D eigenvalue weighted by Gasteiger charge is -2.40. The number of carbonyl (C=O) groups excluding carboxylic acids is 3. The van der Waals surface area contributed by atoms with Gasteiger partial charge in [-0.3, -0.25) is 19.1 Å². The highest BCUT2D eigenvalue weighted by atomic mass is 16.5. The molecule has 3 aliphatic rings. The normalized spacial score (nSPS) is 26.1. The highest BCUT2D eigenvalue weighted by Crippen LogP contribution is 2.36. The van der Waals surface area contributed by atoms with Crippen molar-refractivity contribution in [2.45, 2.75) is 63.5 Å². The van der Waals surface area contributed by atoms with Crippen molar-refractivity contribution in [1.82, 2.24) is 25.3 Å². The van der Waals surface area contributed by atoms with E-state index < -0.39 is 11.5 Å². The van der Waals surface area contributed by atoms with Gasteiger partial charge in [-0.2, -0.15) is 5.10 Å². The zero-order valence-corrected chi connectivity index (χ0v) is 23.4. The molecule has 0 bridgehead atoms. The number of amides is 3. The first-order chi connectivity index (χ1) is 19.4. The van der Waals surface area contributed by atoms with Crippen LogP contribution in [0.4, 0.5) is 0 Å². The number of benzene rings is 1. The van der Waals surface area contributed by atoms with Crippen LogP contribution in [0.25, 0.3) is 0 Å². The first-order valence-corrected chi connectivity index (χ1v) is 14.6. The van der Waals surface area contributed by atoms with Crippen molar-refractivity contribution >= 4 is 17.7 Å². The Kier molecular flexibility index (Phi) is 8.99. The van der Waals surface area contributed by atoms with Crippen LogP contribution in [0.15, 0.2) is 54.9 Å². The molecule has 0 aliphatic carbocycles. The molecule has 3 amide bonds. The Balaban J connectivity index is 1.32. The number of nitrogens with zero attached hydrogens (tertiary/aromatic N) is 3. The quantitative estimate of drug-likeness (QED) is 0.560. The van der Waals surface area contributed by atoms with E-state index in [1.807, 2.05) is 54.7 Å². The van der Waals surface area contributed by atoms with Crippen LogP contribution in [0.2, 0.25) is 0 Å². The minimum Gasteiger partial charge on any atom is -0.381 e. The number of nitrogens with one attached hydrogen (secondary N) is 2. The molecule has 214 valence electrons. The van der Waals surface area contributed by atoms with Gasteiger partial charge in [-0.25, -0.2) is 0 Å². The van der Waals surface area contributed by atoms with Crippen molar-refractivity contribution in [2.24, 2.45) is 18.4 Å². The maximum absolute atomic E-state index is 13.7. The van der Waals surface area contributed by atoms with Gasteiger partial charge in [0.05, 0.1) is 11.6 Å². The second-order valence-electron chi connectivity index (χ2n) is 11.5. The van der Waals surface area contributed by atoms with Gasteiger partial charge in [-0.05, 0) is 49.7 Å². The molecule has 2 aromatic rings. The van der Waals surface area contributed by atoms with Crippen molar-refractivity contribution in [3.05, 3.63) is 66.0 Å². The van der Waals surface area contributed by atoms with Crippen LogP contribution in [0.5, 0.6) is 0 Å². The Labute approximate surface area is 236 Å². The maximum atomic E-state index is 13.7. The summed E-state index contributed by atoms with van der Waals surface area (Å²) in [5, 5.41) is 10.6. The van der Waals surface area contributed by atoms with E-state index in [4.69, 9.17) is 4.74 Å². The molecule has 1 spiro atoms. The Morgan fingerprint density at radius 1 is 1.10 bits per heavy atom. The molecule has 1 aromatic carbocycles. The summed E-state index contributed by atoms with van der Waals surface area (Å²) < 4.78 is 7.34. The lowest BCUT2D eigenvalue weighted by atomic mass is 9.75. The van der Waals surface area contributed by atoms with Crippen LogP contribution in [0.1, 0.15) is 49.7 Å². The van der Waals surface area contributed by atoms with Crippen molar-refractivity contribution < 1.29 is 19.1 Å². The van der Waals surface area contributed by atoms with Gasteiger partial charge in [0.15, 0.2) is 0 Å². The number of aromatic nitrogens is 2. The van der Waals surface area contributed by atoms with Gasteiger partial charge in [-0.1, -0.05) is 42.5 Å². The second kappa shape index (κ2) is 12.8. The zero-order chi connectivity index (χ0) is 28.0. The van der Waals surface area contributed by atoms with E-state index in [9.17, 15) is 14.4 Å². The molecule has 2 saturated heterocycles. The van der Waals surface area contributed by atoms with E-state index in [0.717, 1.165) is 17.5 Å². The Bertz CT molecular complexity index is 1200. The molecule has 3 atom stereocenters. The van der Waals surface area contributed by atoms with E-state index in [-0.39, 0.29) is 29.7 Å². The number of hydrogen-bond acceptors (Lipinski definition) is 5. The predicted molar refractivity (Wildman–Crippen MR) is 151 cm³/mol. The molecule has 9 nitrogen and oxygen atoms in total. The van der Waals surface area contributed by atoms with Crippen LogP contribution < -0.4 is 10.6 Å². The third kappa shape index (κ3) is 6.81. The molecule has 0 radical (unpaired) electrons. The van der Waals surface area contributed by atoms with Crippen LogP contribution in [0, 0.1) is 11.3 Å². The third-order valence-corrected chi connectivity index (χ3v) is 8.75. The molecule has 1 aromatic heterocycles. The predicted octanol–water partition coefficient (Wildman–Crippen LogP) is 2.56. The molecule has 2 N–H and O–H groups in total. The maximum Gasteiger partial charge on any atom is 0.243 e. The number of piperidine rings is 1. The summed E-state index contributed by atoms with van der Waals surface area (Å²) >= 11 is 0. The lowest BCUT2D eigenvalue weighted by molar-refractivity contribution is -0.140. The van der Waals surface area contributed by atoms with Gasteiger partial charge in [0.1, 0.15) is 6.04 Å². The summed E-state index contributed by atoms with van der Waals surface area (Å²) in [5.41, 5.74) is 1.48. The Morgan fingerprint density at radius 2 is 1.90 bits per heavy atom. The zero-order valence-electron chi connectivity index (χ0n) is 23.4. The first-order valence-electron chi connectivity index (χ1n) is 14.6. The number of carbonyl (C=O) groups is 3. The van der Waals surface area contributed by atoms with Crippen LogP contribution in [0.3, 0.4) is 0 Å². The Morgan fingerprint density at radius 3 is 2.65 bits per heavy atom. The van der Waals surface area contributed by atoms with E-state index in [1.54, 1.807) is 4.68 Å². The molecule has 40 heavy (non-hydrogen) atoms. The van der Waals surface area contributed by atoms with Gasteiger partial charge in [0, 0.05) is 64.3 Å². The number of hydrogen-bond donors (Lipinski definition) is 2. The summed E-state index contributed by atoms with van der Waals surface area (Å²) in [6, 6.07) is 9.09. The van der Waals surface area contributed by atoms with Gasteiger partial charge < -0.3 is 20.3 Å². The number of allylic oxidation sites excluding steroid dienone is 2. The molecule has 0 saturated carbocycles. The van der Waals surface area contributed by atoms with Gasteiger partial charge in [0.25, 0.3) is 0 Å². The summed E-state index contributed by atoms with van der Waals surface area (Å²) in [7, 11) is 1.88. The fourth-order valence-corrected chi connectivity index (χ4v) is 6.22. The van der Waals surface area contributed by atoms with E-state index in [1.165, 1.54) is 0 Å². The summed E-state index contributed by atoms with van der Waals surface area (Å²) in [6.07, 6.45) is 12.9. The minimum absolute atomic E-state index is 0.0637. The average molecular weight is 548 g/mol. The van der Waals surface area contributed by atoms with E-state index in [2.05, 4.69) is 27.9 Å². The molecule has 4 heterocycles. The van der Waals surface area contributed by atoms with Crippen molar-refractivity contribution in [3.63, 3.8) is 0 Å². The standard InChI is InChI=1S/C31H41N5O4/c1-35-21-24(20-32-35)10-11-28(37)36-16-12-26-25(22-36)9-5-6-13-31(14-17-40-18-15-31)30(39)34-27(29(38)33-26)19-23-7-3-2-4-8-23/h2-8,20-21,25-27H,9-19,22H2,1H3,(H,33,38)(H,34,39)/b6-5+/t25-,26+,27-/m1/s1. The number of fused-ring (bicyclic) bond motifs is 1. The molecule has 2 fully saturated rings. The smallest absolute Gasteiger partial charge is 0.243 e. The number of aryl methyl sites for hydroxylation is 2. The van der Waals surface area contributed by atoms with Crippen LogP contribution in [-0.2, 0) is 39.0 Å². The molecule has 9 heteroatoms. The van der Waals surface area contributed by atoms with Crippen molar-refractivity contribution in [2.75, 3.05) is 26.3 Å². The van der Waals surface area contributed by atoms with Gasteiger partial charge in [0.2, 0.25) is 17.7 Å². The van der Waals surface area contributed by atoms with E-state index >= 15 is 0 Å². The molecular formula is C31H41N5O4. The van der Waals surface area contributed by atoms with Crippen molar-refractivity contribution in [1.29, 1.82) is 0 Å². The molecule has 0 unspecified atom stereocenters. The monoisotopic (exact) mass is 547 g/mol. The first kappa shape index (κ1) is 28.1. The summed E-state index contributed by atoms with van der Waals surface area (Å²) in [5.74, 6) is 0.0199. The summed E-state index contributed by atoms with van der Waals surface area (Å²) in [6.45, 7) is 2.29. The van der Waals surface area contributed by atoms with Gasteiger partial charge >= 0.3 is 0 Å². The number of likely N-dealkylation sites (tertiary alicyclic amines) is 1. The van der Waals surface area contributed by atoms with Crippen LogP contribution >= 0.6 is 0 Å². The molecular weight excluding hydrogens is 506 g/mol. The van der Waals surface area contributed by atoms with Gasteiger partial charge in [-0.15, -0.1) is 0 Å². The fourth-order valence-electron chi connectivity index (χ4n) is 6.22. The Hall–Kier alpha value is -3.46. The fraction of sp³-hybridized carbons (Fsp3) is 0.548.